The number of esters is 1. The van der Waals surface area contributed by atoms with Gasteiger partial charge in [0, 0.05) is 39.3 Å². The maximum atomic E-state index is 11.1. The van der Waals surface area contributed by atoms with Crippen molar-refractivity contribution in [3.63, 3.8) is 0 Å². The summed E-state index contributed by atoms with van der Waals surface area (Å²) in [6.45, 7) is 8.27. The number of methoxy groups -OCH3 is 1. The van der Waals surface area contributed by atoms with Crippen molar-refractivity contribution in [2.45, 2.75) is 65.2 Å². The third-order valence-corrected chi connectivity index (χ3v) is 4.89. The lowest BCUT2D eigenvalue weighted by atomic mass is 9.83. The van der Waals surface area contributed by atoms with Crippen LogP contribution in [0.15, 0.2) is 4.99 Å². The third-order valence-electron chi connectivity index (χ3n) is 4.89. The minimum absolute atomic E-state index is 0. The van der Waals surface area contributed by atoms with E-state index in [-0.39, 0.29) is 29.9 Å². The van der Waals surface area contributed by atoms with Gasteiger partial charge < -0.3 is 20.1 Å². The van der Waals surface area contributed by atoms with Crippen LogP contribution in [0.25, 0.3) is 0 Å². The maximum Gasteiger partial charge on any atom is 0.305 e. The molecule has 1 fully saturated rings. The molecule has 0 atom stereocenters. The summed E-state index contributed by atoms with van der Waals surface area (Å²) in [7, 11) is 1.43. The second kappa shape index (κ2) is 15.5. The van der Waals surface area contributed by atoms with Crippen molar-refractivity contribution in [3.8, 4) is 0 Å². The number of guanidine groups is 1. The van der Waals surface area contributed by atoms with Crippen molar-refractivity contribution in [3.05, 3.63) is 0 Å². The molecule has 26 heavy (non-hydrogen) atoms. The van der Waals surface area contributed by atoms with Gasteiger partial charge in [-0.05, 0) is 51.4 Å². The molecule has 1 saturated carbocycles. The van der Waals surface area contributed by atoms with E-state index in [0.717, 1.165) is 58.1 Å². The van der Waals surface area contributed by atoms with E-state index in [9.17, 15) is 4.79 Å². The molecule has 2 N–H and O–H groups in total. The quantitative estimate of drug-likeness (QED) is 0.146. The average molecular weight is 483 g/mol. The van der Waals surface area contributed by atoms with E-state index in [1.165, 1.54) is 32.8 Å². The Morgan fingerprint density at radius 3 is 2.50 bits per heavy atom. The van der Waals surface area contributed by atoms with Crippen molar-refractivity contribution >= 4 is 35.9 Å². The number of hydrogen-bond acceptors (Lipinski definition) is 4. The zero-order valence-corrected chi connectivity index (χ0v) is 19.1. The summed E-state index contributed by atoms with van der Waals surface area (Å²) in [6, 6.07) is 0. The van der Waals surface area contributed by atoms with Crippen LogP contribution in [0.3, 0.4) is 0 Å². The minimum Gasteiger partial charge on any atom is -0.469 e. The predicted molar refractivity (Wildman–Crippen MR) is 117 cm³/mol. The fourth-order valence-corrected chi connectivity index (χ4v) is 3.34. The molecule has 0 spiro atoms. The molecule has 0 aromatic rings. The number of halogens is 1. The van der Waals surface area contributed by atoms with Gasteiger partial charge >= 0.3 is 5.97 Å². The second-order valence-electron chi connectivity index (χ2n) is 6.81. The zero-order valence-electron chi connectivity index (χ0n) is 16.8. The van der Waals surface area contributed by atoms with Crippen molar-refractivity contribution in [2.75, 3.05) is 40.0 Å². The molecule has 7 heteroatoms. The molecule has 0 amide bonds. The van der Waals surface area contributed by atoms with E-state index in [2.05, 4.69) is 22.3 Å². The van der Waals surface area contributed by atoms with Gasteiger partial charge in [0.2, 0.25) is 0 Å². The SMILES string of the molecule is CCNC(=NCC1(CCOCC)CCCC1)NCCCCC(=O)OC.I. The number of carbonyl (C=O) groups excluding carboxylic acids is 1. The van der Waals surface area contributed by atoms with Crippen LogP contribution in [0, 0.1) is 5.41 Å². The number of aliphatic imine (C=N–C) groups is 1. The predicted octanol–water partition coefficient (Wildman–Crippen LogP) is 3.49. The van der Waals surface area contributed by atoms with Crippen LogP contribution in [0.1, 0.15) is 65.2 Å². The lowest BCUT2D eigenvalue weighted by Crippen LogP contribution is -2.39. The molecule has 0 saturated heterocycles. The fourth-order valence-electron chi connectivity index (χ4n) is 3.34. The van der Waals surface area contributed by atoms with Crippen molar-refractivity contribution in [1.82, 2.24) is 10.6 Å². The summed E-state index contributed by atoms with van der Waals surface area (Å²) in [4.78, 5) is 16.0. The summed E-state index contributed by atoms with van der Waals surface area (Å²) >= 11 is 0. The summed E-state index contributed by atoms with van der Waals surface area (Å²) in [6.07, 6.45) is 8.45. The normalized spacial score (nSPS) is 16.0. The second-order valence-corrected chi connectivity index (χ2v) is 6.81. The number of rotatable bonds is 12. The molecular weight excluding hydrogens is 445 g/mol. The van der Waals surface area contributed by atoms with Crippen molar-refractivity contribution in [2.24, 2.45) is 10.4 Å². The van der Waals surface area contributed by atoms with E-state index in [0.29, 0.717) is 11.8 Å². The molecule has 1 aliphatic carbocycles. The third kappa shape index (κ3) is 10.5. The lowest BCUT2D eigenvalue weighted by Gasteiger charge is -2.27. The first kappa shape index (κ1) is 25.4. The molecular formula is C19H38IN3O3. The highest BCUT2D eigenvalue weighted by molar-refractivity contribution is 14.0. The maximum absolute atomic E-state index is 11.1. The molecule has 0 bridgehead atoms. The van der Waals surface area contributed by atoms with Gasteiger partial charge in [0.15, 0.2) is 5.96 Å². The zero-order chi connectivity index (χ0) is 18.4. The Balaban J connectivity index is 0.00000625. The Labute approximate surface area is 176 Å². The number of ether oxygens (including phenoxy) is 2. The van der Waals surface area contributed by atoms with E-state index in [4.69, 9.17) is 9.73 Å². The van der Waals surface area contributed by atoms with Gasteiger partial charge in [-0.25, -0.2) is 0 Å². The van der Waals surface area contributed by atoms with E-state index in [1.807, 2.05) is 6.92 Å². The van der Waals surface area contributed by atoms with Crippen LogP contribution in [0.2, 0.25) is 0 Å². The van der Waals surface area contributed by atoms with Gasteiger partial charge in [0.05, 0.1) is 7.11 Å². The number of hydrogen-bond donors (Lipinski definition) is 2. The monoisotopic (exact) mass is 483 g/mol. The number of nitrogens with zero attached hydrogens (tertiary/aromatic N) is 1. The molecule has 6 nitrogen and oxygen atoms in total. The Bertz CT molecular complexity index is 399. The topological polar surface area (TPSA) is 72.0 Å². The largest absolute Gasteiger partial charge is 0.469 e. The Morgan fingerprint density at radius 1 is 1.15 bits per heavy atom. The number of nitrogens with one attached hydrogen (secondary N) is 2. The molecule has 0 aromatic carbocycles. The van der Waals surface area contributed by atoms with Crippen LogP contribution in [-0.4, -0.2) is 51.9 Å². The first-order chi connectivity index (χ1) is 12.2. The molecule has 0 aromatic heterocycles. The van der Waals surface area contributed by atoms with Crippen LogP contribution < -0.4 is 10.6 Å². The highest BCUT2D eigenvalue weighted by Gasteiger charge is 2.33. The molecule has 154 valence electrons. The Hall–Kier alpha value is -0.570. The Morgan fingerprint density at radius 2 is 1.88 bits per heavy atom. The van der Waals surface area contributed by atoms with Crippen LogP contribution in [-0.2, 0) is 14.3 Å². The van der Waals surface area contributed by atoms with E-state index in [1.54, 1.807) is 0 Å². The molecule has 1 rings (SSSR count). The summed E-state index contributed by atoms with van der Waals surface area (Å²) in [5.41, 5.74) is 0.308. The molecule has 0 radical (unpaired) electrons. The van der Waals surface area contributed by atoms with Gasteiger partial charge in [0.1, 0.15) is 0 Å². The lowest BCUT2D eigenvalue weighted by molar-refractivity contribution is -0.140. The summed E-state index contributed by atoms with van der Waals surface area (Å²) in [5, 5.41) is 6.69. The highest BCUT2D eigenvalue weighted by atomic mass is 127. The molecule has 0 unspecified atom stereocenters. The van der Waals surface area contributed by atoms with Crippen molar-refractivity contribution in [1.29, 1.82) is 0 Å². The van der Waals surface area contributed by atoms with E-state index >= 15 is 0 Å². The smallest absolute Gasteiger partial charge is 0.305 e. The van der Waals surface area contributed by atoms with Gasteiger partial charge in [-0.2, -0.15) is 0 Å². The average Bonchev–Trinajstić information content (AvgIpc) is 3.08. The first-order valence-electron chi connectivity index (χ1n) is 9.82. The standard InChI is InChI=1S/C19H37N3O3.HI/c1-4-20-18(21-14-9-6-10-17(23)24-3)22-16-19(11-7-8-12-19)13-15-25-5-2;/h4-16H2,1-3H3,(H2,20,21,22);1H. The molecule has 1 aliphatic rings. The number of carbonyl (C=O) groups is 1. The summed E-state index contributed by atoms with van der Waals surface area (Å²) in [5.74, 6) is 0.737. The minimum atomic E-state index is -0.141. The number of unbranched alkanes of at least 4 members (excludes halogenated alkanes) is 1. The fraction of sp³-hybridized carbons (Fsp3) is 0.895. The first-order valence-corrected chi connectivity index (χ1v) is 9.82. The van der Waals surface area contributed by atoms with Gasteiger partial charge in [-0.15, -0.1) is 24.0 Å². The molecule has 0 heterocycles. The van der Waals surface area contributed by atoms with Gasteiger partial charge in [-0.3, -0.25) is 9.79 Å². The van der Waals surface area contributed by atoms with Gasteiger partial charge in [0.25, 0.3) is 0 Å². The molecule has 0 aliphatic heterocycles. The van der Waals surface area contributed by atoms with Crippen LogP contribution in [0.5, 0.6) is 0 Å². The Kier molecular flexibility index (Phi) is 15.1. The van der Waals surface area contributed by atoms with Gasteiger partial charge in [-0.1, -0.05) is 12.8 Å². The van der Waals surface area contributed by atoms with Crippen LogP contribution in [0.4, 0.5) is 0 Å². The van der Waals surface area contributed by atoms with E-state index < -0.39 is 0 Å². The van der Waals surface area contributed by atoms with Crippen molar-refractivity contribution < 1.29 is 14.3 Å². The van der Waals surface area contributed by atoms with Crippen LogP contribution >= 0.6 is 24.0 Å². The summed E-state index contributed by atoms with van der Waals surface area (Å²) < 4.78 is 10.2. The highest BCUT2D eigenvalue weighted by Crippen LogP contribution is 2.41.